The van der Waals surface area contributed by atoms with Crippen LogP contribution in [-0.2, 0) is 12.8 Å². The zero-order chi connectivity index (χ0) is 20.5. The fourth-order valence-electron chi connectivity index (χ4n) is 3.16. The van der Waals surface area contributed by atoms with Gasteiger partial charge >= 0.3 is 0 Å². The highest BCUT2D eigenvalue weighted by Gasteiger charge is 2.18. The molecule has 0 aliphatic carbocycles. The standard InChI is InChI=1S/C20H21N5O2S2/c1-12-7-13(2)9-16(8-12)27-14(3)18-22-23-20(24(18)4)29-11-15-10-17(26)25-5-6-28-19(25)21-15/h5-10,14H,11H2,1-4H3. The van der Waals surface area contributed by atoms with E-state index >= 15 is 0 Å². The number of thiazole rings is 1. The SMILES string of the molecule is Cc1cc(C)cc(OC(C)c2nnc(SCc3cc(=O)n4ccsc4n3)n2C)c1. The van der Waals surface area contributed by atoms with Crippen molar-refractivity contribution in [3.63, 3.8) is 0 Å². The second-order valence-corrected chi connectivity index (χ2v) is 8.73. The monoisotopic (exact) mass is 427 g/mol. The Morgan fingerprint density at radius 2 is 1.93 bits per heavy atom. The van der Waals surface area contributed by atoms with Crippen LogP contribution in [0.25, 0.3) is 4.96 Å². The highest BCUT2D eigenvalue weighted by molar-refractivity contribution is 7.98. The van der Waals surface area contributed by atoms with Gasteiger partial charge in [-0.15, -0.1) is 21.5 Å². The first-order valence-corrected chi connectivity index (χ1v) is 11.0. The maximum atomic E-state index is 12.1. The number of fused-ring (bicyclic) bond motifs is 1. The molecule has 7 nitrogen and oxygen atoms in total. The molecule has 0 saturated carbocycles. The maximum absolute atomic E-state index is 12.1. The van der Waals surface area contributed by atoms with Crippen LogP contribution in [0.5, 0.6) is 5.75 Å². The minimum Gasteiger partial charge on any atom is -0.483 e. The molecule has 1 aromatic carbocycles. The molecule has 1 unspecified atom stereocenters. The number of nitrogens with zero attached hydrogens (tertiary/aromatic N) is 5. The summed E-state index contributed by atoms with van der Waals surface area (Å²) in [6.07, 6.45) is 1.49. The molecule has 0 spiro atoms. The predicted octanol–water partition coefficient (Wildman–Crippen LogP) is 3.93. The third-order valence-corrected chi connectivity index (χ3v) is 6.26. The molecule has 0 saturated heterocycles. The summed E-state index contributed by atoms with van der Waals surface area (Å²) in [4.78, 5) is 17.4. The molecule has 0 bridgehead atoms. The van der Waals surface area contributed by atoms with Gasteiger partial charge in [0.1, 0.15) is 5.75 Å². The van der Waals surface area contributed by atoms with Gasteiger partial charge in [-0.3, -0.25) is 9.20 Å². The number of thioether (sulfide) groups is 1. The van der Waals surface area contributed by atoms with Crippen LogP contribution in [-0.4, -0.2) is 24.1 Å². The van der Waals surface area contributed by atoms with E-state index in [-0.39, 0.29) is 11.7 Å². The molecule has 150 valence electrons. The average molecular weight is 428 g/mol. The summed E-state index contributed by atoms with van der Waals surface area (Å²) in [5.41, 5.74) is 2.98. The Balaban J connectivity index is 1.48. The summed E-state index contributed by atoms with van der Waals surface area (Å²) in [5, 5.41) is 11.2. The smallest absolute Gasteiger partial charge is 0.258 e. The molecule has 3 aromatic heterocycles. The average Bonchev–Trinajstić information content (AvgIpc) is 3.26. The quantitative estimate of drug-likeness (QED) is 0.434. The minimum absolute atomic E-state index is 0.0685. The molecule has 9 heteroatoms. The van der Waals surface area contributed by atoms with E-state index in [9.17, 15) is 4.79 Å². The van der Waals surface area contributed by atoms with Gasteiger partial charge in [0.05, 0.1) is 5.69 Å². The Morgan fingerprint density at radius 1 is 1.17 bits per heavy atom. The lowest BCUT2D eigenvalue weighted by atomic mass is 10.1. The van der Waals surface area contributed by atoms with Gasteiger partial charge in [-0.1, -0.05) is 17.8 Å². The van der Waals surface area contributed by atoms with Gasteiger partial charge in [0.25, 0.3) is 5.56 Å². The summed E-state index contributed by atoms with van der Waals surface area (Å²) in [6, 6.07) is 7.71. The lowest BCUT2D eigenvalue weighted by Gasteiger charge is -2.15. The predicted molar refractivity (Wildman–Crippen MR) is 115 cm³/mol. The second-order valence-electron chi connectivity index (χ2n) is 6.91. The fraction of sp³-hybridized carbons (Fsp3) is 0.300. The Morgan fingerprint density at radius 3 is 2.69 bits per heavy atom. The third-order valence-electron chi connectivity index (χ3n) is 4.45. The van der Waals surface area contributed by atoms with Crippen molar-refractivity contribution in [3.05, 3.63) is 68.8 Å². The largest absolute Gasteiger partial charge is 0.483 e. The first-order valence-electron chi connectivity index (χ1n) is 9.13. The summed E-state index contributed by atoms with van der Waals surface area (Å²) in [6.45, 7) is 6.06. The first kappa shape index (κ1) is 19.7. The van der Waals surface area contributed by atoms with Crippen molar-refractivity contribution in [2.45, 2.75) is 37.8 Å². The van der Waals surface area contributed by atoms with E-state index in [0.717, 1.165) is 33.6 Å². The first-order chi connectivity index (χ1) is 13.9. The molecule has 0 aliphatic heterocycles. The molecule has 4 rings (SSSR count). The zero-order valence-corrected chi connectivity index (χ0v) is 18.3. The molecule has 3 heterocycles. The van der Waals surface area contributed by atoms with Crippen molar-refractivity contribution in [1.82, 2.24) is 24.1 Å². The van der Waals surface area contributed by atoms with E-state index in [1.807, 2.05) is 36.1 Å². The number of rotatable bonds is 6. The Kier molecular flexibility index (Phi) is 5.42. The number of hydrogen-bond acceptors (Lipinski definition) is 7. The molecule has 1 atom stereocenters. The van der Waals surface area contributed by atoms with Gasteiger partial charge in [0, 0.05) is 30.4 Å². The van der Waals surface area contributed by atoms with Crippen molar-refractivity contribution < 1.29 is 4.74 Å². The summed E-state index contributed by atoms with van der Waals surface area (Å²) in [7, 11) is 1.92. The van der Waals surface area contributed by atoms with Gasteiger partial charge in [-0.25, -0.2) is 4.98 Å². The van der Waals surface area contributed by atoms with Gasteiger partial charge in [-0.2, -0.15) is 0 Å². The van der Waals surface area contributed by atoms with Crippen LogP contribution in [0.3, 0.4) is 0 Å². The van der Waals surface area contributed by atoms with Crippen molar-refractivity contribution in [1.29, 1.82) is 0 Å². The molecule has 4 aromatic rings. The lowest BCUT2D eigenvalue weighted by molar-refractivity contribution is 0.211. The molecule has 0 N–H and O–H groups in total. The normalized spacial score (nSPS) is 12.4. The van der Waals surface area contributed by atoms with Gasteiger partial charge in [0.2, 0.25) is 0 Å². The maximum Gasteiger partial charge on any atom is 0.258 e. The number of ether oxygens (including phenoxy) is 1. The van der Waals surface area contributed by atoms with Crippen LogP contribution in [0.1, 0.15) is 35.7 Å². The van der Waals surface area contributed by atoms with E-state index in [1.54, 1.807) is 16.7 Å². The zero-order valence-electron chi connectivity index (χ0n) is 16.6. The molecule has 0 fully saturated rings. The molecular weight excluding hydrogens is 406 g/mol. The second kappa shape index (κ2) is 8.00. The summed E-state index contributed by atoms with van der Waals surface area (Å²) in [5.74, 6) is 2.11. The van der Waals surface area contributed by atoms with Gasteiger partial charge in [-0.05, 0) is 44.0 Å². The highest BCUT2D eigenvalue weighted by atomic mass is 32.2. The van der Waals surface area contributed by atoms with Crippen LogP contribution < -0.4 is 10.3 Å². The highest BCUT2D eigenvalue weighted by Crippen LogP contribution is 2.26. The van der Waals surface area contributed by atoms with Crippen LogP contribution in [0.2, 0.25) is 0 Å². The van der Waals surface area contributed by atoms with Crippen LogP contribution in [0, 0.1) is 13.8 Å². The molecule has 29 heavy (non-hydrogen) atoms. The topological polar surface area (TPSA) is 74.3 Å². The van der Waals surface area contributed by atoms with E-state index in [4.69, 9.17) is 4.74 Å². The Bertz CT molecular complexity index is 1210. The third kappa shape index (κ3) is 4.20. The van der Waals surface area contributed by atoms with Crippen molar-refractivity contribution in [2.75, 3.05) is 0 Å². The van der Waals surface area contributed by atoms with E-state index in [1.165, 1.54) is 23.1 Å². The molecule has 0 radical (unpaired) electrons. The summed E-state index contributed by atoms with van der Waals surface area (Å²) >= 11 is 2.94. The molecule has 0 amide bonds. The fourth-order valence-corrected chi connectivity index (χ4v) is 4.71. The number of aromatic nitrogens is 5. The van der Waals surface area contributed by atoms with Crippen molar-refractivity contribution >= 4 is 28.1 Å². The lowest BCUT2D eigenvalue weighted by Crippen LogP contribution is -2.12. The number of aryl methyl sites for hydroxylation is 2. The van der Waals surface area contributed by atoms with Gasteiger partial charge in [0.15, 0.2) is 22.0 Å². The molecule has 0 aliphatic rings. The van der Waals surface area contributed by atoms with Crippen molar-refractivity contribution in [2.24, 2.45) is 7.05 Å². The Hall–Kier alpha value is -2.65. The van der Waals surface area contributed by atoms with Crippen molar-refractivity contribution in [3.8, 4) is 5.75 Å². The Labute approximate surface area is 176 Å². The molecular formula is C20H21N5O2S2. The van der Waals surface area contributed by atoms with Crippen LogP contribution in [0.4, 0.5) is 0 Å². The van der Waals surface area contributed by atoms with E-state index < -0.39 is 0 Å². The minimum atomic E-state index is -0.242. The van der Waals surface area contributed by atoms with E-state index in [2.05, 4.69) is 35.1 Å². The van der Waals surface area contributed by atoms with Gasteiger partial charge < -0.3 is 9.30 Å². The van der Waals surface area contributed by atoms with Crippen LogP contribution >= 0.6 is 23.1 Å². The number of benzene rings is 1. The summed E-state index contributed by atoms with van der Waals surface area (Å²) < 4.78 is 9.56. The number of hydrogen-bond donors (Lipinski definition) is 0. The van der Waals surface area contributed by atoms with Crippen LogP contribution in [0.15, 0.2) is 45.8 Å². The van der Waals surface area contributed by atoms with E-state index in [0.29, 0.717) is 10.7 Å².